The van der Waals surface area contributed by atoms with Gasteiger partial charge in [0.1, 0.15) is 18.5 Å². The van der Waals surface area contributed by atoms with Crippen LogP contribution in [0.25, 0.3) is 0 Å². The highest BCUT2D eigenvalue weighted by Gasteiger charge is 2.08. The van der Waals surface area contributed by atoms with Gasteiger partial charge < -0.3 is 14.6 Å². The standard InChI is InChI=1S/C17H18O4/c18-10-15-8-4-5-9-17(15)21-13-16(19)12-20-11-14-6-2-1-3-7-14/h1-10,16,19H,11-13H2. The molecule has 1 atom stereocenters. The molecule has 1 unspecified atom stereocenters. The molecule has 2 aromatic rings. The number of carbonyl (C=O) groups is 1. The molecular formula is C17H18O4. The Labute approximate surface area is 123 Å². The SMILES string of the molecule is O=Cc1ccccc1OCC(O)COCc1ccccc1. The van der Waals surface area contributed by atoms with Crippen LogP contribution in [0.5, 0.6) is 5.75 Å². The van der Waals surface area contributed by atoms with Crippen LogP contribution in [0.1, 0.15) is 15.9 Å². The molecular weight excluding hydrogens is 268 g/mol. The number of ether oxygens (including phenoxy) is 2. The third-order valence-corrected chi connectivity index (χ3v) is 2.90. The van der Waals surface area contributed by atoms with Gasteiger partial charge in [-0.3, -0.25) is 4.79 Å². The maximum absolute atomic E-state index is 10.8. The second-order valence-corrected chi connectivity index (χ2v) is 4.62. The van der Waals surface area contributed by atoms with Crippen molar-refractivity contribution in [1.29, 1.82) is 0 Å². The summed E-state index contributed by atoms with van der Waals surface area (Å²) in [6.45, 7) is 0.709. The summed E-state index contributed by atoms with van der Waals surface area (Å²) in [5.74, 6) is 0.467. The number of carbonyl (C=O) groups excluding carboxylic acids is 1. The zero-order valence-corrected chi connectivity index (χ0v) is 11.6. The second-order valence-electron chi connectivity index (χ2n) is 4.62. The minimum Gasteiger partial charge on any atom is -0.490 e. The average Bonchev–Trinajstić information content (AvgIpc) is 2.54. The Morgan fingerprint density at radius 2 is 1.71 bits per heavy atom. The Morgan fingerprint density at radius 1 is 1.00 bits per heavy atom. The minimum atomic E-state index is -0.742. The van der Waals surface area contributed by atoms with Gasteiger partial charge in [0.25, 0.3) is 0 Å². The molecule has 2 rings (SSSR count). The highest BCUT2D eigenvalue weighted by Crippen LogP contribution is 2.15. The number of aliphatic hydroxyl groups excluding tert-OH is 1. The van der Waals surface area contributed by atoms with E-state index in [4.69, 9.17) is 9.47 Å². The van der Waals surface area contributed by atoms with E-state index in [2.05, 4.69) is 0 Å². The fraction of sp³-hybridized carbons (Fsp3) is 0.235. The van der Waals surface area contributed by atoms with E-state index >= 15 is 0 Å². The summed E-state index contributed by atoms with van der Waals surface area (Å²) >= 11 is 0. The van der Waals surface area contributed by atoms with E-state index in [0.29, 0.717) is 17.9 Å². The van der Waals surface area contributed by atoms with Crippen molar-refractivity contribution in [3.05, 3.63) is 65.7 Å². The van der Waals surface area contributed by atoms with Crippen LogP contribution in [-0.4, -0.2) is 30.7 Å². The predicted molar refractivity (Wildman–Crippen MR) is 79.4 cm³/mol. The largest absolute Gasteiger partial charge is 0.490 e. The zero-order valence-electron chi connectivity index (χ0n) is 11.6. The molecule has 0 amide bonds. The summed E-state index contributed by atoms with van der Waals surface area (Å²) in [7, 11) is 0. The number of hydrogen-bond acceptors (Lipinski definition) is 4. The Hall–Kier alpha value is -2.17. The monoisotopic (exact) mass is 286 g/mol. The highest BCUT2D eigenvalue weighted by atomic mass is 16.5. The van der Waals surface area contributed by atoms with Crippen molar-refractivity contribution in [3.63, 3.8) is 0 Å². The molecule has 110 valence electrons. The molecule has 0 aliphatic rings. The van der Waals surface area contributed by atoms with Crippen LogP contribution in [-0.2, 0) is 11.3 Å². The van der Waals surface area contributed by atoms with Gasteiger partial charge >= 0.3 is 0 Å². The van der Waals surface area contributed by atoms with Crippen molar-refractivity contribution in [2.45, 2.75) is 12.7 Å². The van der Waals surface area contributed by atoms with Gasteiger partial charge in [-0.25, -0.2) is 0 Å². The van der Waals surface area contributed by atoms with E-state index in [0.717, 1.165) is 11.8 Å². The number of hydrogen-bond donors (Lipinski definition) is 1. The maximum Gasteiger partial charge on any atom is 0.153 e. The van der Waals surface area contributed by atoms with Gasteiger partial charge in [-0.2, -0.15) is 0 Å². The molecule has 0 radical (unpaired) electrons. The smallest absolute Gasteiger partial charge is 0.153 e. The molecule has 1 N–H and O–H groups in total. The van der Waals surface area contributed by atoms with Crippen LogP contribution in [0.15, 0.2) is 54.6 Å². The van der Waals surface area contributed by atoms with E-state index in [-0.39, 0.29) is 13.2 Å². The highest BCUT2D eigenvalue weighted by molar-refractivity contribution is 5.79. The van der Waals surface area contributed by atoms with Gasteiger partial charge in [-0.05, 0) is 17.7 Å². The van der Waals surface area contributed by atoms with E-state index in [1.165, 1.54) is 0 Å². The molecule has 0 saturated heterocycles. The van der Waals surface area contributed by atoms with Crippen LogP contribution >= 0.6 is 0 Å². The van der Waals surface area contributed by atoms with E-state index in [1.54, 1.807) is 24.3 Å². The normalized spacial score (nSPS) is 11.9. The maximum atomic E-state index is 10.8. The number of benzene rings is 2. The van der Waals surface area contributed by atoms with Crippen LogP contribution in [0.4, 0.5) is 0 Å². The van der Waals surface area contributed by atoms with Crippen molar-refractivity contribution in [2.24, 2.45) is 0 Å². The molecule has 0 aliphatic heterocycles. The van der Waals surface area contributed by atoms with Crippen molar-refractivity contribution in [3.8, 4) is 5.75 Å². The summed E-state index contributed by atoms with van der Waals surface area (Å²) in [5, 5.41) is 9.81. The molecule has 0 fully saturated rings. The van der Waals surface area contributed by atoms with E-state index in [1.807, 2.05) is 30.3 Å². The van der Waals surface area contributed by atoms with Gasteiger partial charge in [0.15, 0.2) is 6.29 Å². The minimum absolute atomic E-state index is 0.0830. The molecule has 0 spiro atoms. The molecule has 0 aromatic heterocycles. The molecule has 4 heteroatoms. The van der Waals surface area contributed by atoms with Crippen LogP contribution in [0.3, 0.4) is 0 Å². The first-order chi connectivity index (χ1) is 10.3. The number of aldehydes is 1. The van der Waals surface area contributed by atoms with Crippen LogP contribution in [0, 0.1) is 0 Å². The van der Waals surface area contributed by atoms with E-state index < -0.39 is 6.10 Å². The molecule has 0 saturated carbocycles. The lowest BCUT2D eigenvalue weighted by molar-refractivity contribution is 0.00539. The van der Waals surface area contributed by atoms with Crippen LogP contribution < -0.4 is 4.74 Å². The van der Waals surface area contributed by atoms with Crippen molar-refractivity contribution < 1.29 is 19.4 Å². The fourth-order valence-corrected chi connectivity index (χ4v) is 1.83. The lowest BCUT2D eigenvalue weighted by Gasteiger charge is -2.13. The lowest BCUT2D eigenvalue weighted by Crippen LogP contribution is -2.23. The third-order valence-electron chi connectivity index (χ3n) is 2.90. The van der Waals surface area contributed by atoms with Crippen molar-refractivity contribution in [1.82, 2.24) is 0 Å². The summed E-state index contributed by atoms with van der Waals surface area (Å²) in [5.41, 5.74) is 1.52. The quantitative estimate of drug-likeness (QED) is 0.757. The third kappa shape index (κ3) is 5.02. The summed E-state index contributed by atoms with van der Waals surface area (Å²) in [4.78, 5) is 10.8. The summed E-state index contributed by atoms with van der Waals surface area (Å²) in [6.07, 6.45) is -0.0124. The molecule has 0 heterocycles. The number of para-hydroxylation sites is 1. The molecule has 0 aliphatic carbocycles. The molecule has 4 nitrogen and oxygen atoms in total. The number of aliphatic hydroxyl groups is 1. The first kappa shape index (κ1) is 15.2. The van der Waals surface area contributed by atoms with E-state index in [9.17, 15) is 9.90 Å². The Kier molecular flexibility index (Phi) is 5.94. The first-order valence-corrected chi connectivity index (χ1v) is 6.76. The average molecular weight is 286 g/mol. The molecule has 0 bridgehead atoms. The second kappa shape index (κ2) is 8.19. The Balaban J connectivity index is 1.72. The first-order valence-electron chi connectivity index (χ1n) is 6.76. The topological polar surface area (TPSA) is 55.8 Å². The van der Waals surface area contributed by atoms with Gasteiger partial charge in [0.05, 0.1) is 18.8 Å². The predicted octanol–water partition coefficient (Wildman–Crippen LogP) is 2.46. The van der Waals surface area contributed by atoms with Crippen LogP contribution in [0.2, 0.25) is 0 Å². The lowest BCUT2D eigenvalue weighted by atomic mass is 10.2. The molecule has 2 aromatic carbocycles. The Bertz CT molecular complexity index is 554. The van der Waals surface area contributed by atoms with Gasteiger partial charge in [-0.15, -0.1) is 0 Å². The van der Waals surface area contributed by atoms with Gasteiger partial charge in [0.2, 0.25) is 0 Å². The number of rotatable bonds is 8. The van der Waals surface area contributed by atoms with Gasteiger partial charge in [-0.1, -0.05) is 42.5 Å². The summed E-state index contributed by atoms with van der Waals surface area (Å²) < 4.78 is 10.9. The zero-order chi connectivity index (χ0) is 14.9. The Morgan fingerprint density at radius 3 is 2.48 bits per heavy atom. The van der Waals surface area contributed by atoms with Crippen molar-refractivity contribution in [2.75, 3.05) is 13.2 Å². The van der Waals surface area contributed by atoms with Gasteiger partial charge in [0, 0.05) is 0 Å². The molecule has 21 heavy (non-hydrogen) atoms. The fourth-order valence-electron chi connectivity index (χ4n) is 1.83. The summed E-state index contributed by atoms with van der Waals surface area (Å²) in [6, 6.07) is 16.6. The van der Waals surface area contributed by atoms with Crippen molar-refractivity contribution >= 4 is 6.29 Å².